The van der Waals surface area contributed by atoms with Crippen LogP contribution in [0.1, 0.15) is 26.7 Å². The van der Waals surface area contributed by atoms with Crippen LogP contribution in [0.15, 0.2) is 0 Å². The van der Waals surface area contributed by atoms with E-state index in [-0.39, 0.29) is 5.91 Å². The molecule has 0 aromatic carbocycles. The van der Waals surface area contributed by atoms with Gasteiger partial charge >= 0.3 is 0 Å². The fourth-order valence-electron chi connectivity index (χ4n) is 1.71. The van der Waals surface area contributed by atoms with Crippen LogP contribution >= 0.6 is 0 Å². The molecule has 0 radical (unpaired) electrons. The number of carbonyl (C=O) groups excluding carboxylic acids is 1. The smallest absolute Gasteiger partial charge is 0.216 e. The zero-order valence-corrected chi connectivity index (χ0v) is 8.13. The third-order valence-corrected chi connectivity index (χ3v) is 2.78. The van der Waals surface area contributed by atoms with Gasteiger partial charge in [0.2, 0.25) is 5.91 Å². The molecule has 70 valence electrons. The van der Waals surface area contributed by atoms with E-state index in [1.807, 2.05) is 0 Å². The van der Waals surface area contributed by atoms with E-state index >= 15 is 0 Å². The van der Waals surface area contributed by atoms with E-state index < -0.39 is 0 Å². The molecule has 1 N–H and O–H groups in total. The van der Waals surface area contributed by atoms with E-state index in [0.717, 1.165) is 6.54 Å². The minimum atomic E-state index is 0.0722. The Morgan fingerprint density at radius 1 is 1.58 bits per heavy atom. The maximum absolute atomic E-state index is 10.7. The van der Waals surface area contributed by atoms with Gasteiger partial charge < -0.3 is 5.32 Å². The summed E-state index contributed by atoms with van der Waals surface area (Å²) in [5.74, 6) is 0.0722. The van der Waals surface area contributed by atoms with Gasteiger partial charge in [0.25, 0.3) is 0 Å². The summed E-state index contributed by atoms with van der Waals surface area (Å²) in [6, 6.07) is 1.22. The van der Waals surface area contributed by atoms with E-state index in [1.165, 1.54) is 12.8 Å². The lowest BCUT2D eigenvalue weighted by Gasteiger charge is -2.23. The maximum Gasteiger partial charge on any atom is 0.216 e. The fraction of sp³-hybridized carbons (Fsp3) is 0.889. The van der Waals surface area contributed by atoms with Gasteiger partial charge in [-0.05, 0) is 26.8 Å². The molecule has 3 heteroatoms. The molecule has 2 atom stereocenters. The van der Waals surface area contributed by atoms with Crippen LogP contribution in [-0.2, 0) is 4.79 Å². The average Bonchev–Trinajstić information content (AvgIpc) is 2.30. The second-order valence-electron chi connectivity index (χ2n) is 3.68. The van der Waals surface area contributed by atoms with Crippen molar-refractivity contribution in [3.05, 3.63) is 0 Å². The molecule has 0 aliphatic carbocycles. The normalized spacial score (nSPS) is 30.6. The Bertz CT molecular complexity index is 170. The molecular weight excluding hydrogens is 152 g/mol. The number of likely N-dealkylation sites (tertiary alicyclic amines) is 1. The first-order valence-electron chi connectivity index (χ1n) is 4.57. The van der Waals surface area contributed by atoms with E-state index in [0.29, 0.717) is 12.1 Å². The van der Waals surface area contributed by atoms with E-state index in [9.17, 15) is 4.79 Å². The molecule has 0 aromatic heterocycles. The number of nitrogens with one attached hydrogen (secondary N) is 1. The average molecular weight is 170 g/mol. The number of likely N-dealkylation sites (N-methyl/N-ethyl adjacent to an activating group) is 1. The molecule has 1 amide bonds. The van der Waals surface area contributed by atoms with Gasteiger partial charge in [-0.1, -0.05) is 0 Å². The SMILES string of the molecule is CC(=O)NC[C@@H]1CC[C@H](C)N1C. The first-order chi connectivity index (χ1) is 5.61. The highest BCUT2D eigenvalue weighted by molar-refractivity contribution is 5.72. The third kappa shape index (κ3) is 2.21. The Hall–Kier alpha value is -0.570. The molecule has 1 aliphatic heterocycles. The van der Waals surface area contributed by atoms with Gasteiger partial charge in [0, 0.05) is 25.6 Å². The molecule has 0 aromatic rings. The van der Waals surface area contributed by atoms with Crippen LogP contribution in [0.5, 0.6) is 0 Å². The van der Waals surface area contributed by atoms with Crippen LogP contribution in [0.25, 0.3) is 0 Å². The van der Waals surface area contributed by atoms with Gasteiger partial charge in [0.05, 0.1) is 0 Å². The molecule has 0 bridgehead atoms. The minimum absolute atomic E-state index is 0.0722. The van der Waals surface area contributed by atoms with Crippen LogP contribution < -0.4 is 5.32 Å². The summed E-state index contributed by atoms with van der Waals surface area (Å²) in [6.07, 6.45) is 2.46. The molecule has 0 unspecified atom stereocenters. The first-order valence-corrected chi connectivity index (χ1v) is 4.57. The summed E-state index contributed by atoms with van der Waals surface area (Å²) in [5.41, 5.74) is 0. The molecule has 12 heavy (non-hydrogen) atoms. The van der Waals surface area contributed by atoms with Crippen molar-refractivity contribution in [2.24, 2.45) is 0 Å². The number of hydrogen-bond acceptors (Lipinski definition) is 2. The summed E-state index contributed by atoms with van der Waals surface area (Å²) >= 11 is 0. The number of hydrogen-bond donors (Lipinski definition) is 1. The number of amides is 1. The van der Waals surface area contributed by atoms with Crippen LogP contribution in [-0.4, -0.2) is 36.5 Å². The van der Waals surface area contributed by atoms with Crippen molar-refractivity contribution >= 4 is 5.91 Å². The van der Waals surface area contributed by atoms with Gasteiger partial charge in [-0.15, -0.1) is 0 Å². The maximum atomic E-state index is 10.7. The van der Waals surface area contributed by atoms with Crippen molar-refractivity contribution in [3.8, 4) is 0 Å². The molecule has 1 heterocycles. The van der Waals surface area contributed by atoms with Gasteiger partial charge in [0.15, 0.2) is 0 Å². The number of rotatable bonds is 2. The Morgan fingerprint density at radius 2 is 2.25 bits per heavy atom. The van der Waals surface area contributed by atoms with Crippen molar-refractivity contribution in [2.45, 2.75) is 38.8 Å². The highest BCUT2D eigenvalue weighted by Crippen LogP contribution is 2.20. The topological polar surface area (TPSA) is 32.3 Å². The minimum Gasteiger partial charge on any atom is -0.355 e. The van der Waals surface area contributed by atoms with Crippen molar-refractivity contribution in [1.29, 1.82) is 0 Å². The van der Waals surface area contributed by atoms with Gasteiger partial charge in [-0.2, -0.15) is 0 Å². The van der Waals surface area contributed by atoms with Crippen molar-refractivity contribution in [1.82, 2.24) is 10.2 Å². The lowest BCUT2D eigenvalue weighted by molar-refractivity contribution is -0.119. The zero-order valence-electron chi connectivity index (χ0n) is 8.13. The first kappa shape index (κ1) is 9.52. The third-order valence-electron chi connectivity index (χ3n) is 2.78. The molecule has 1 fully saturated rings. The standard InChI is InChI=1S/C9H18N2O/c1-7-4-5-9(11(7)3)6-10-8(2)12/h7,9H,4-6H2,1-3H3,(H,10,12)/t7-,9-/m0/s1. The van der Waals surface area contributed by atoms with E-state index in [1.54, 1.807) is 6.92 Å². The van der Waals surface area contributed by atoms with Crippen molar-refractivity contribution in [2.75, 3.05) is 13.6 Å². The van der Waals surface area contributed by atoms with Gasteiger partial charge in [-0.3, -0.25) is 9.69 Å². The highest BCUT2D eigenvalue weighted by atomic mass is 16.1. The zero-order chi connectivity index (χ0) is 9.14. The van der Waals surface area contributed by atoms with E-state index in [4.69, 9.17) is 0 Å². The largest absolute Gasteiger partial charge is 0.355 e. The Balaban J connectivity index is 2.29. The summed E-state index contributed by atoms with van der Waals surface area (Å²) in [5, 5.41) is 2.86. The molecular formula is C9H18N2O. The lowest BCUT2D eigenvalue weighted by Crippen LogP contribution is -2.39. The van der Waals surface area contributed by atoms with E-state index in [2.05, 4.69) is 24.2 Å². The molecule has 0 saturated carbocycles. The molecule has 0 spiro atoms. The Morgan fingerprint density at radius 3 is 2.67 bits per heavy atom. The van der Waals surface area contributed by atoms with Gasteiger partial charge in [-0.25, -0.2) is 0 Å². The molecule has 1 saturated heterocycles. The fourth-order valence-corrected chi connectivity index (χ4v) is 1.71. The predicted molar refractivity (Wildman–Crippen MR) is 48.9 cm³/mol. The summed E-state index contributed by atoms with van der Waals surface area (Å²) in [4.78, 5) is 13.0. The summed E-state index contributed by atoms with van der Waals surface area (Å²) < 4.78 is 0. The number of nitrogens with zero attached hydrogens (tertiary/aromatic N) is 1. The monoisotopic (exact) mass is 170 g/mol. The quantitative estimate of drug-likeness (QED) is 0.658. The molecule has 1 aliphatic rings. The van der Waals surface area contributed by atoms with Crippen molar-refractivity contribution in [3.63, 3.8) is 0 Å². The second kappa shape index (κ2) is 3.90. The Kier molecular flexibility index (Phi) is 3.09. The van der Waals surface area contributed by atoms with Crippen LogP contribution in [0.3, 0.4) is 0 Å². The Labute approximate surface area is 74.1 Å². The lowest BCUT2D eigenvalue weighted by atomic mass is 10.2. The molecule has 1 rings (SSSR count). The summed E-state index contributed by atoms with van der Waals surface area (Å²) in [7, 11) is 2.13. The second-order valence-corrected chi connectivity index (χ2v) is 3.68. The van der Waals surface area contributed by atoms with Crippen molar-refractivity contribution < 1.29 is 4.79 Å². The summed E-state index contributed by atoms with van der Waals surface area (Å²) in [6.45, 7) is 4.60. The predicted octanol–water partition coefficient (Wildman–Crippen LogP) is 0.605. The van der Waals surface area contributed by atoms with Gasteiger partial charge in [0.1, 0.15) is 0 Å². The van der Waals surface area contributed by atoms with Crippen LogP contribution in [0.4, 0.5) is 0 Å². The highest BCUT2D eigenvalue weighted by Gasteiger charge is 2.26. The van der Waals surface area contributed by atoms with Crippen LogP contribution in [0, 0.1) is 0 Å². The molecule has 3 nitrogen and oxygen atoms in total. The van der Waals surface area contributed by atoms with Crippen LogP contribution in [0.2, 0.25) is 0 Å². The number of carbonyl (C=O) groups is 1.